The molecule has 0 spiro atoms. The lowest BCUT2D eigenvalue weighted by Crippen LogP contribution is -2.38. The third-order valence-electron chi connectivity index (χ3n) is 2.82. The second-order valence-corrected chi connectivity index (χ2v) is 3.83. The van der Waals surface area contributed by atoms with E-state index in [0.717, 1.165) is 31.6 Å². The Balaban J connectivity index is 2.29. The van der Waals surface area contributed by atoms with Crippen molar-refractivity contribution in [2.75, 3.05) is 13.2 Å². The average Bonchev–Trinajstić information content (AvgIpc) is 2.67. The zero-order chi connectivity index (χ0) is 10.7. The van der Waals surface area contributed by atoms with Crippen LogP contribution in [-0.2, 0) is 22.3 Å². The second-order valence-electron chi connectivity index (χ2n) is 3.83. The largest absolute Gasteiger partial charge is 0.345 e. The zero-order valence-electron chi connectivity index (χ0n) is 9.40. The minimum Gasteiger partial charge on any atom is -0.345 e. The van der Waals surface area contributed by atoms with Gasteiger partial charge < -0.3 is 9.47 Å². The predicted octanol–water partition coefficient (Wildman–Crippen LogP) is 1.81. The molecule has 4 nitrogen and oxygen atoms in total. The highest BCUT2D eigenvalue weighted by Crippen LogP contribution is 2.35. The van der Waals surface area contributed by atoms with Gasteiger partial charge in [-0.25, -0.2) is 0 Å². The molecule has 2 rings (SSSR count). The molecule has 1 saturated heterocycles. The third kappa shape index (κ3) is 1.92. The summed E-state index contributed by atoms with van der Waals surface area (Å²) in [5.74, 6) is -0.557. The second kappa shape index (κ2) is 4.33. The lowest BCUT2D eigenvalue weighted by atomic mass is 10.0. The molecule has 0 aromatic carbocycles. The van der Waals surface area contributed by atoms with Crippen LogP contribution in [0.15, 0.2) is 12.3 Å². The number of hydrogen-bond acceptors (Lipinski definition) is 3. The van der Waals surface area contributed by atoms with Crippen LogP contribution in [0.4, 0.5) is 0 Å². The van der Waals surface area contributed by atoms with Crippen LogP contribution in [0.25, 0.3) is 0 Å². The van der Waals surface area contributed by atoms with E-state index < -0.39 is 5.79 Å². The van der Waals surface area contributed by atoms with Gasteiger partial charge in [0.05, 0.1) is 12.3 Å². The Kier molecular flexibility index (Phi) is 3.07. The van der Waals surface area contributed by atoms with Crippen molar-refractivity contribution < 1.29 is 9.47 Å². The zero-order valence-corrected chi connectivity index (χ0v) is 9.40. The summed E-state index contributed by atoms with van der Waals surface area (Å²) in [6, 6.07) is 1.97. The van der Waals surface area contributed by atoms with Gasteiger partial charge in [-0.3, -0.25) is 4.68 Å². The first kappa shape index (κ1) is 10.6. The molecule has 0 saturated carbocycles. The first-order valence-electron chi connectivity index (χ1n) is 5.55. The van der Waals surface area contributed by atoms with Crippen molar-refractivity contribution in [3.63, 3.8) is 0 Å². The summed E-state index contributed by atoms with van der Waals surface area (Å²) in [5.41, 5.74) is 1.02. The first-order chi connectivity index (χ1) is 7.28. The molecule has 0 bridgehead atoms. The molecular weight excluding hydrogens is 192 g/mol. The van der Waals surface area contributed by atoms with E-state index in [1.54, 1.807) is 6.20 Å². The number of ether oxygens (including phenoxy) is 2. The number of nitrogens with zero attached hydrogens (tertiary/aromatic N) is 2. The van der Waals surface area contributed by atoms with Crippen LogP contribution in [0.5, 0.6) is 0 Å². The van der Waals surface area contributed by atoms with E-state index in [2.05, 4.69) is 5.10 Å². The van der Waals surface area contributed by atoms with Crippen LogP contribution < -0.4 is 0 Å². The molecule has 0 radical (unpaired) electrons. The fourth-order valence-electron chi connectivity index (χ4n) is 2.14. The van der Waals surface area contributed by atoms with E-state index in [9.17, 15) is 0 Å². The molecule has 1 aromatic rings. The minimum atomic E-state index is -0.557. The molecule has 15 heavy (non-hydrogen) atoms. The predicted molar refractivity (Wildman–Crippen MR) is 56.3 cm³/mol. The summed E-state index contributed by atoms with van der Waals surface area (Å²) in [7, 11) is 1.92. The molecule has 0 aliphatic carbocycles. The van der Waals surface area contributed by atoms with Crippen molar-refractivity contribution in [1.82, 2.24) is 9.78 Å². The van der Waals surface area contributed by atoms with Crippen LogP contribution >= 0.6 is 0 Å². The molecule has 1 aromatic heterocycles. The summed E-state index contributed by atoms with van der Waals surface area (Å²) in [6.07, 6.45) is 4.96. The van der Waals surface area contributed by atoms with Gasteiger partial charge in [0.1, 0.15) is 0 Å². The van der Waals surface area contributed by atoms with Gasteiger partial charge in [-0.05, 0) is 25.8 Å². The molecule has 1 aliphatic heterocycles. The van der Waals surface area contributed by atoms with Gasteiger partial charge in [0.15, 0.2) is 0 Å². The third-order valence-corrected chi connectivity index (χ3v) is 2.82. The van der Waals surface area contributed by atoms with Crippen LogP contribution in [0.2, 0.25) is 0 Å². The van der Waals surface area contributed by atoms with E-state index in [1.807, 2.05) is 24.7 Å². The summed E-state index contributed by atoms with van der Waals surface area (Å²) >= 11 is 0. The molecule has 84 valence electrons. The van der Waals surface area contributed by atoms with Crippen molar-refractivity contribution >= 4 is 0 Å². The van der Waals surface area contributed by atoms with Crippen molar-refractivity contribution in [2.45, 2.75) is 32.0 Å². The SMILES string of the molecule is CCOC1(c2ccnn2C)CCCCO1. The fraction of sp³-hybridized carbons (Fsp3) is 0.727. The number of aryl methyl sites for hydroxylation is 1. The highest BCUT2D eigenvalue weighted by atomic mass is 16.7. The van der Waals surface area contributed by atoms with Gasteiger partial charge >= 0.3 is 0 Å². The molecule has 1 atom stereocenters. The van der Waals surface area contributed by atoms with E-state index in [0.29, 0.717) is 6.61 Å². The van der Waals surface area contributed by atoms with Gasteiger partial charge in [-0.2, -0.15) is 5.10 Å². The monoisotopic (exact) mass is 210 g/mol. The van der Waals surface area contributed by atoms with Crippen molar-refractivity contribution in [1.29, 1.82) is 0 Å². The number of hydrogen-bond donors (Lipinski definition) is 0. The van der Waals surface area contributed by atoms with E-state index in [4.69, 9.17) is 9.47 Å². The van der Waals surface area contributed by atoms with Crippen molar-refractivity contribution in [3.05, 3.63) is 18.0 Å². The van der Waals surface area contributed by atoms with Gasteiger partial charge in [0.25, 0.3) is 0 Å². The summed E-state index contributed by atoms with van der Waals surface area (Å²) in [6.45, 7) is 3.42. The van der Waals surface area contributed by atoms with E-state index >= 15 is 0 Å². The average molecular weight is 210 g/mol. The Morgan fingerprint density at radius 2 is 2.47 bits per heavy atom. The van der Waals surface area contributed by atoms with Gasteiger partial charge in [-0.1, -0.05) is 0 Å². The smallest absolute Gasteiger partial charge is 0.211 e. The highest BCUT2D eigenvalue weighted by molar-refractivity contribution is 5.09. The number of aromatic nitrogens is 2. The van der Waals surface area contributed by atoms with Crippen LogP contribution in [0.3, 0.4) is 0 Å². The Bertz CT molecular complexity index is 311. The Hall–Kier alpha value is -0.870. The van der Waals surface area contributed by atoms with E-state index in [1.165, 1.54) is 0 Å². The van der Waals surface area contributed by atoms with Crippen molar-refractivity contribution in [3.8, 4) is 0 Å². The highest BCUT2D eigenvalue weighted by Gasteiger charge is 2.38. The van der Waals surface area contributed by atoms with Gasteiger partial charge in [-0.15, -0.1) is 0 Å². The first-order valence-corrected chi connectivity index (χ1v) is 5.55. The normalized spacial score (nSPS) is 26.8. The Morgan fingerprint density at radius 3 is 3.00 bits per heavy atom. The lowest BCUT2D eigenvalue weighted by molar-refractivity contribution is -0.267. The van der Waals surface area contributed by atoms with Crippen LogP contribution in [-0.4, -0.2) is 23.0 Å². The minimum absolute atomic E-state index is 0.557. The van der Waals surface area contributed by atoms with Gasteiger partial charge in [0.2, 0.25) is 5.79 Å². The summed E-state index contributed by atoms with van der Waals surface area (Å²) in [5, 5.41) is 4.18. The molecule has 4 heteroatoms. The molecule has 1 aliphatic rings. The van der Waals surface area contributed by atoms with Crippen molar-refractivity contribution in [2.24, 2.45) is 7.05 Å². The van der Waals surface area contributed by atoms with Gasteiger partial charge in [0, 0.05) is 26.3 Å². The van der Waals surface area contributed by atoms with E-state index in [-0.39, 0.29) is 0 Å². The maximum absolute atomic E-state index is 5.85. The molecule has 0 amide bonds. The fourth-order valence-corrected chi connectivity index (χ4v) is 2.14. The molecule has 1 unspecified atom stereocenters. The molecule has 2 heterocycles. The molecule has 1 fully saturated rings. The molecular formula is C11H18N2O2. The Morgan fingerprint density at radius 1 is 1.60 bits per heavy atom. The number of rotatable bonds is 3. The maximum atomic E-state index is 5.85. The van der Waals surface area contributed by atoms with Crippen LogP contribution in [0.1, 0.15) is 31.9 Å². The quantitative estimate of drug-likeness (QED) is 0.763. The summed E-state index contributed by atoms with van der Waals surface area (Å²) in [4.78, 5) is 0. The maximum Gasteiger partial charge on any atom is 0.211 e. The molecule has 0 N–H and O–H groups in total. The topological polar surface area (TPSA) is 36.3 Å². The summed E-state index contributed by atoms with van der Waals surface area (Å²) < 4.78 is 13.5. The lowest BCUT2D eigenvalue weighted by Gasteiger charge is -2.36. The standard InChI is InChI=1S/C11H18N2O2/c1-3-14-11(7-4-5-9-15-11)10-6-8-12-13(10)2/h6,8H,3-5,7,9H2,1-2H3. The Labute approximate surface area is 90.2 Å². The van der Waals surface area contributed by atoms with Crippen LogP contribution in [0, 0.1) is 0 Å².